The zero-order valence-electron chi connectivity index (χ0n) is 8.44. The third-order valence-corrected chi connectivity index (χ3v) is 3.87. The van der Waals surface area contributed by atoms with Crippen LogP contribution < -0.4 is 0 Å². The van der Waals surface area contributed by atoms with E-state index in [1.165, 1.54) is 0 Å². The van der Waals surface area contributed by atoms with Crippen LogP contribution in [0.25, 0.3) is 0 Å². The molecule has 0 saturated heterocycles. The van der Waals surface area contributed by atoms with E-state index in [0.29, 0.717) is 0 Å². The Hall–Kier alpha value is -1.10. The number of carbonyl (C=O) groups excluding carboxylic acids is 1. The van der Waals surface area contributed by atoms with E-state index in [4.69, 9.17) is 4.42 Å². The molecule has 0 aliphatic heterocycles. The van der Waals surface area contributed by atoms with Gasteiger partial charge in [-0.25, -0.2) is 0 Å². The van der Waals surface area contributed by atoms with Crippen LogP contribution in [-0.4, -0.2) is 5.78 Å². The highest BCUT2D eigenvalue weighted by molar-refractivity contribution is 14.1. The van der Waals surface area contributed by atoms with Gasteiger partial charge in [-0.1, -0.05) is 12.1 Å². The van der Waals surface area contributed by atoms with Crippen LogP contribution in [0.3, 0.4) is 0 Å². The average Bonchev–Trinajstić information content (AvgIpc) is 2.86. The molecule has 0 radical (unpaired) electrons. The maximum atomic E-state index is 12.3. The fourth-order valence-electron chi connectivity index (χ4n) is 2.22. The first-order valence-electron chi connectivity index (χ1n) is 5.12. The van der Waals surface area contributed by atoms with Crippen molar-refractivity contribution in [1.82, 2.24) is 0 Å². The Morgan fingerprint density at radius 3 is 2.81 bits per heavy atom. The summed E-state index contributed by atoms with van der Waals surface area (Å²) in [5, 5.41) is 0. The summed E-state index contributed by atoms with van der Waals surface area (Å²) in [6, 6.07) is 9.70. The van der Waals surface area contributed by atoms with Crippen molar-refractivity contribution in [3.05, 3.63) is 57.1 Å². The summed E-state index contributed by atoms with van der Waals surface area (Å²) in [6.07, 6.45) is 2.38. The molecule has 0 N–H and O–H groups in total. The first-order valence-corrected chi connectivity index (χ1v) is 6.20. The minimum absolute atomic E-state index is 0.124. The molecule has 2 nitrogen and oxygen atoms in total. The third kappa shape index (κ3) is 1.42. The Morgan fingerprint density at radius 1 is 1.25 bits per heavy atom. The highest BCUT2D eigenvalue weighted by Crippen LogP contribution is 2.36. The van der Waals surface area contributed by atoms with Gasteiger partial charge in [-0.2, -0.15) is 0 Å². The van der Waals surface area contributed by atoms with Gasteiger partial charge in [0, 0.05) is 9.13 Å². The molecule has 1 unspecified atom stereocenters. The second-order valence-electron chi connectivity index (χ2n) is 3.91. The highest BCUT2D eigenvalue weighted by atomic mass is 127. The first kappa shape index (κ1) is 10.1. The van der Waals surface area contributed by atoms with Gasteiger partial charge in [-0.3, -0.25) is 4.79 Å². The molecule has 0 amide bonds. The molecule has 3 heteroatoms. The molecule has 1 heterocycles. The van der Waals surface area contributed by atoms with Crippen LogP contribution in [0.15, 0.2) is 41.0 Å². The van der Waals surface area contributed by atoms with Gasteiger partial charge in [0.1, 0.15) is 5.76 Å². The number of halogens is 1. The molecule has 16 heavy (non-hydrogen) atoms. The topological polar surface area (TPSA) is 30.2 Å². The van der Waals surface area contributed by atoms with Crippen LogP contribution in [0.5, 0.6) is 0 Å². The summed E-state index contributed by atoms with van der Waals surface area (Å²) in [6.45, 7) is 0. The summed E-state index contributed by atoms with van der Waals surface area (Å²) in [5.41, 5.74) is 2.02. The summed E-state index contributed by atoms with van der Waals surface area (Å²) < 4.78 is 6.37. The van der Waals surface area contributed by atoms with Crippen LogP contribution in [0.1, 0.15) is 27.6 Å². The van der Waals surface area contributed by atoms with Crippen LogP contribution >= 0.6 is 22.6 Å². The van der Waals surface area contributed by atoms with Crippen molar-refractivity contribution < 1.29 is 9.21 Å². The molecular weight excluding hydrogens is 315 g/mol. The summed E-state index contributed by atoms with van der Waals surface area (Å²) >= 11 is 2.22. The number of hydrogen-bond donors (Lipinski definition) is 0. The Morgan fingerprint density at radius 2 is 2.12 bits per heavy atom. The predicted octanol–water partition coefficient (Wildman–Crippen LogP) is 3.41. The number of Topliss-reactive ketones (excluding diaryl/α,β-unsaturated/α-hetero) is 1. The zero-order valence-corrected chi connectivity index (χ0v) is 10.6. The fourth-order valence-corrected chi connectivity index (χ4v) is 3.04. The SMILES string of the molecule is O=C1c2c(I)cccc2CC1c1ccco1. The Bertz CT molecular complexity index is 543. The van der Waals surface area contributed by atoms with Crippen LogP contribution in [0.4, 0.5) is 0 Å². The van der Waals surface area contributed by atoms with Gasteiger partial charge in [0.15, 0.2) is 5.78 Å². The number of benzene rings is 1. The Balaban J connectivity index is 2.08. The number of fused-ring (bicyclic) bond motifs is 1. The van der Waals surface area contributed by atoms with Crippen LogP contribution in [0.2, 0.25) is 0 Å². The number of hydrogen-bond acceptors (Lipinski definition) is 2. The number of rotatable bonds is 1. The molecule has 1 aliphatic carbocycles. The molecule has 3 rings (SSSR count). The van der Waals surface area contributed by atoms with Gasteiger partial charge in [0.2, 0.25) is 0 Å². The lowest BCUT2D eigenvalue weighted by molar-refractivity contribution is 0.0963. The van der Waals surface area contributed by atoms with Crippen molar-refractivity contribution in [2.24, 2.45) is 0 Å². The minimum atomic E-state index is -0.124. The molecule has 2 aromatic rings. The largest absolute Gasteiger partial charge is 0.469 e. The van der Waals surface area contributed by atoms with Gasteiger partial charge >= 0.3 is 0 Å². The molecule has 1 aromatic carbocycles. The third-order valence-electron chi connectivity index (χ3n) is 2.97. The van der Waals surface area contributed by atoms with Crippen LogP contribution in [-0.2, 0) is 6.42 Å². The first-order chi connectivity index (χ1) is 7.77. The molecule has 0 fully saturated rings. The van der Waals surface area contributed by atoms with Gasteiger partial charge in [-0.05, 0) is 52.8 Å². The van der Waals surface area contributed by atoms with Crippen molar-refractivity contribution in [1.29, 1.82) is 0 Å². The normalized spacial score (nSPS) is 18.8. The van der Waals surface area contributed by atoms with E-state index in [0.717, 1.165) is 26.9 Å². The second-order valence-corrected chi connectivity index (χ2v) is 5.07. The Labute approximate surface area is 107 Å². The lowest BCUT2D eigenvalue weighted by Crippen LogP contribution is -2.06. The molecule has 0 bridgehead atoms. The quantitative estimate of drug-likeness (QED) is 0.753. The molecule has 1 aliphatic rings. The van der Waals surface area contributed by atoms with E-state index in [-0.39, 0.29) is 11.7 Å². The smallest absolute Gasteiger partial charge is 0.175 e. The summed E-state index contributed by atoms with van der Waals surface area (Å²) in [5.74, 6) is 0.841. The molecule has 0 spiro atoms. The molecule has 80 valence electrons. The zero-order chi connectivity index (χ0) is 11.1. The van der Waals surface area contributed by atoms with E-state index >= 15 is 0 Å². The lowest BCUT2D eigenvalue weighted by atomic mass is 10.0. The van der Waals surface area contributed by atoms with Crippen molar-refractivity contribution in [2.45, 2.75) is 12.3 Å². The maximum Gasteiger partial charge on any atom is 0.175 e. The molecule has 1 atom stereocenters. The summed E-state index contributed by atoms with van der Waals surface area (Å²) in [7, 11) is 0. The molecular formula is C13H9IO2. The summed E-state index contributed by atoms with van der Waals surface area (Å²) in [4.78, 5) is 12.3. The minimum Gasteiger partial charge on any atom is -0.469 e. The monoisotopic (exact) mass is 324 g/mol. The van der Waals surface area contributed by atoms with Crippen molar-refractivity contribution in [2.75, 3.05) is 0 Å². The predicted molar refractivity (Wildman–Crippen MR) is 68.6 cm³/mol. The number of carbonyl (C=O) groups is 1. The molecule has 0 saturated carbocycles. The van der Waals surface area contributed by atoms with E-state index < -0.39 is 0 Å². The highest BCUT2D eigenvalue weighted by Gasteiger charge is 2.34. The van der Waals surface area contributed by atoms with Gasteiger partial charge in [0.05, 0.1) is 12.2 Å². The van der Waals surface area contributed by atoms with Gasteiger partial charge < -0.3 is 4.42 Å². The average molecular weight is 324 g/mol. The standard InChI is InChI=1S/C13H9IO2/c14-10-4-1-3-8-7-9(13(15)12(8)10)11-5-2-6-16-11/h1-6,9H,7H2. The van der Waals surface area contributed by atoms with Gasteiger partial charge in [0.25, 0.3) is 0 Å². The van der Waals surface area contributed by atoms with E-state index in [1.54, 1.807) is 6.26 Å². The van der Waals surface area contributed by atoms with Crippen LogP contribution in [0, 0.1) is 3.57 Å². The fraction of sp³-hybridized carbons (Fsp3) is 0.154. The van der Waals surface area contributed by atoms with E-state index in [9.17, 15) is 4.79 Å². The Kier molecular flexibility index (Phi) is 2.35. The van der Waals surface area contributed by atoms with E-state index in [2.05, 4.69) is 22.6 Å². The molecule has 1 aromatic heterocycles. The second kappa shape index (κ2) is 3.73. The van der Waals surface area contributed by atoms with Crippen molar-refractivity contribution in [3.63, 3.8) is 0 Å². The van der Waals surface area contributed by atoms with E-state index in [1.807, 2.05) is 30.3 Å². The lowest BCUT2D eigenvalue weighted by Gasteiger charge is -2.02. The maximum absolute atomic E-state index is 12.3. The van der Waals surface area contributed by atoms with Crippen molar-refractivity contribution in [3.8, 4) is 0 Å². The number of ketones is 1. The van der Waals surface area contributed by atoms with Gasteiger partial charge in [-0.15, -0.1) is 0 Å². The van der Waals surface area contributed by atoms with Crippen molar-refractivity contribution >= 4 is 28.4 Å². The number of furan rings is 1.